The first-order chi connectivity index (χ1) is 5.10. The van der Waals surface area contributed by atoms with E-state index in [1.165, 1.54) is 7.11 Å². The molecular weight excluding hydrogens is 164 g/mol. The zero-order valence-electron chi connectivity index (χ0n) is 6.66. The van der Waals surface area contributed by atoms with E-state index in [1.54, 1.807) is 18.7 Å². The number of rotatable bonds is 2. The van der Waals surface area contributed by atoms with Crippen LogP contribution in [0.5, 0.6) is 0 Å². The van der Waals surface area contributed by atoms with Gasteiger partial charge in [-0.3, -0.25) is 4.79 Å². The van der Waals surface area contributed by atoms with Gasteiger partial charge in [-0.25, -0.2) is 0 Å². The highest BCUT2D eigenvalue weighted by Gasteiger charge is 2.44. The zero-order chi connectivity index (χ0) is 8.48. The van der Waals surface area contributed by atoms with Gasteiger partial charge in [0, 0.05) is 11.5 Å². The summed E-state index contributed by atoms with van der Waals surface area (Å²) in [6, 6.07) is 0. The van der Waals surface area contributed by atoms with E-state index in [0.717, 1.165) is 0 Å². The van der Waals surface area contributed by atoms with Crippen LogP contribution in [0.1, 0.15) is 6.92 Å². The molecule has 11 heavy (non-hydrogen) atoms. The van der Waals surface area contributed by atoms with Gasteiger partial charge in [0.1, 0.15) is 0 Å². The maximum atomic E-state index is 11.0. The van der Waals surface area contributed by atoms with Crippen molar-refractivity contribution in [2.45, 2.75) is 12.5 Å². The standard InChI is InChI=1S/C7H12O3S/c1-5(6(8)10-2)7(9)3-11-4-7/h5,9H,3-4H2,1-2H3. The Labute approximate surface area is 70.1 Å². The molecule has 0 amide bonds. The number of hydrogen-bond donors (Lipinski definition) is 1. The van der Waals surface area contributed by atoms with Crippen LogP contribution in [0.4, 0.5) is 0 Å². The normalized spacial score (nSPS) is 23.5. The summed E-state index contributed by atoms with van der Waals surface area (Å²) in [7, 11) is 1.34. The van der Waals surface area contributed by atoms with Gasteiger partial charge in [-0.2, -0.15) is 11.8 Å². The van der Waals surface area contributed by atoms with Gasteiger partial charge in [0.05, 0.1) is 18.6 Å². The highest BCUT2D eigenvalue weighted by atomic mass is 32.2. The Balaban J connectivity index is 2.52. The molecule has 1 saturated heterocycles. The summed E-state index contributed by atoms with van der Waals surface area (Å²) in [5.74, 6) is 0.563. The molecule has 0 saturated carbocycles. The van der Waals surface area contributed by atoms with Crippen LogP contribution in [-0.4, -0.2) is 35.3 Å². The summed E-state index contributed by atoms with van der Waals surface area (Å²) in [5.41, 5.74) is -0.808. The minimum absolute atomic E-state index is 0.326. The fourth-order valence-electron chi connectivity index (χ4n) is 0.957. The number of methoxy groups -OCH3 is 1. The lowest BCUT2D eigenvalue weighted by Crippen LogP contribution is -2.51. The van der Waals surface area contributed by atoms with Crippen LogP contribution >= 0.6 is 11.8 Å². The van der Waals surface area contributed by atoms with Gasteiger partial charge in [0.2, 0.25) is 0 Å². The molecule has 1 aliphatic rings. The quantitative estimate of drug-likeness (QED) is 0.614. The second-order valence-electron chi connectivity index (χ2n) is 2.84. The molecule has 1 aliphatic heterocycles. The molecule has 1 atom stereocenters. The number of carbonyl (C=O) groups excluding carboxylic acids is 1. The summed E-state index contributed by atoms with van der Waals surface area (Å²) in [4.78, 5) is 11.0. The van der Waals surface area contributed by atoms with Crippen molar-refractivity contribution in [3.63, 3.8) is 0 Å². The van der Waals surface area contributed by atoms with E-state index in [9.17, 15) is 9.90 Å². The van der Waals surface area contributed by atoms with Gasteiger partial charge >= 0.3 is 5.97 Å². The molecule has 1 fully saturated rings. The van der Waals surface area contributed by atoms with E-state index in [0.29, 0.717) is 11.5 Å². The van der Waals surface area contributed by atoms with Crippen LogP contribution in [0.25, 0.3) is 0 Å². The Morgan fingerprint density at radius 3 is 2.55 bits per heavy atom. The minimum atomic E-state index is -0.808. The zero-order valence-corrected chi connectivity index (χ0v) is 7.48. The van der Waals surface area contributed by atoms with E-state index >= 15 is 0 Å². The third-order valence-corrected chi connectivity index (χ3v) is 3.47. The second kappa shape index (κ2) is 3.03. The summed E-state index contributed by atoms with van der Waals surface area (Å²) < 4.78 is 4.53. The molecule has 1 heterocycles. The lowest BCUT2D eigenvalue weighted by Gasteiger charge is -2.39. The lowest BCUT2D eigenvalue weighted by molar-refractivity contribution is -0.152. The molecule has 0 radical (unpaired) electrons. The fraction of sp³-hybridized carbons (Fsp3) is 0.857. The molecule has 4 heteroatoms. The molecule has 1 rings (SSSR count). The SMILES string of the molecule is COC(=O)C(C)C1(O)CSC1. The highest BCUT2D eigenvalue weighted by Crippen LogP contribution is 2.35. The molecule has 0 bridgehead atoms. The number of ether oxygens (including phenoxy) is 1. The second-order valence-corrected chi connectivity index (χ2v) is 3.83. The van der Waals surface area contributed by atoms with Crippen molar-refractivity contribution < 1.29 is 14.6 Å². The molecule has 0 aromatic rings. The first kappa shape index (κ1) is 8.87. The lowest BCUT2D eigenvalue weighted by atomic mass is 9.92. The van der Waals surface area contributed by atoms with E-state index in [4.69, 9.17) is 0 Å². The number of esters is 1. The highest BCUT2D eigenvalue weighted by molar-refractivity contribution is 8.00. The molecule has 1 unspecified atom stereocenters. The van der Waals surface area contributed by atoms with Gasteiger partial charge < -0.3 is 9.84 Å². The average molecular weight is 176 g/mol. The molecular formula is C7H12O3S. The van der Waals surface area contributed by atoms with Gasteiger partial charge in [0.25, 0.3) is 0 Å². The van der Waals surface area contributed by atoms with Crippen molar-refractivity contribution in [3.05, 3.63) is 0 Å². The number of thioether (sulfide) groups is 1. The van der Waals surface area contributed by atoms with Crippen molar-refractivity contribution in [2.75, 3.05) is 18.6 Å². The molecule has 0 aromatic carbocycles. The maximum absolute atomic E-state index is 11.0. The molecule has 0 aromatic heterocycles. The van der Waals surface area contributed by atoms with E-state index in [-0.39, 0.29) is 5.97 Å². The molecule has 0 aliphatic carbocycles. The van der Waals surface area contributed by atoms with Crippen LogP contribution < -0.4 is 0 Å². The first-order valence-electron chi connectivity index (χ1n) is 3.48. The van der Waals surface area contributed by atoms with Crippen LogP contribution in [0.3, 0.4) is 0 Å². The van der Waals surface area contributed by atoms with Gasteiger partial charge in [-0.1, -0.05) is 0 Å². The molecule has 3 nitrogen and oxygen atoms in total. The van der Waals surface area contributed by atoms with Gasteiger partial charge in [0.15, 0.2) is 0 Å². The van der Waals surface area contributed by atoms with E-state index < -0.39 is 11.5 Å². The van der Waals surface area contributed by atoms with Crippen molar-refractivity contribution in [3.8, 4) is 0 Å². The fourth-order valence-corrected chi connectivity index (χ4v) is 2.08. The Kier molecular flexibility index (Phi) is 2.44. The number of hydrogen-bond acceptors (Lipinski definition) is 4. The maximum Gasteiger partial charge on any atom is 0.311 e. The van der Waals surface area contributed by atoms with Gasteiger partial charge in [-0.15, -0.1) is 0 Å². The third-order valence-electron chi connectivity index (χ3n) is 2.06. The Hall–Kier alpha value is -0.220. The Morgan fingerprint density at radius 2 is 2.27 bits per heavy atom. The summed E-state index contributed by atoms with van der Waals surface area (Å²) >= 11 is 1.64. The van der Waals surface area contributed by atoms with Crippen molar-refractivity contribution >= 4 is 17.7 Å². The average Bonchev–Trinajstić information content (AvgIpc) is 1.97. The molecule has 1 N–H and O–H groups in total. The summed E-state index contributed by atoms with van der Waals surface area (Å²) in [5, 5.41) is 9.66. The monoisotopic (exact) mass is 176 g/mol. The van der Waals surface area contributed by atoms with Crippen molar-refractivity contribution in [1.82, 2.24) is 0 Å². The molecule has 0 spiro atoms. The smallest absolute Gasteiger partial charge is 0.311 e. The first-order valence-corrected chi connectivity index (χ1v) is 4.63. The number of aliphatic hydroxyl groups is 1. The van der Waals surface area contributed by atoms with Crippen molar-refractivity contribution in [1.29, 1.82) is 0 Å². The van der Waals surface area contributed by atoms with E-state index in [1.807, 2.05) is 0 Å². The molecule has 64 valence electrons. The topological polar surface area (TPSA) is 46.5 Å². The van der Waals surface area contributed by atoms with Crippen LogP contribution in [0.2, 0.25) is 0 Å². The van der Waals surface area contributed by atoms with E-state index in [2.05, 4.69) is 4.74 Å². The van der Waals surface area contributed by atoms with Crippen molar-refractivity contribution in [2.24, 2.45) is 5.92 Å². The third kappa shape index (κ3) is 1.51. The minimum Gasteiger partial charge on any atom is -0.469 e. The van der Waals surface area contributed by atoms with Crippen LogP contribution in [0, 0.1) is 5.92 Å². The largest absolute Gasteiger partial charge is 0.469 e. The predicted octanol–water partition coefficient (Wildman–Crippen LogP) is 0.273. The predicted molar refractivity (Wildman–Crippen MR) is 43.5 cm³/mol. The Bertz CT molecular complexity index is 165. The number of carbonyl (C=O) groups is 1. The summed E-state index contributed by atoms with van der Waals surface area (Å²) in [6.07, 6.45) is 0. The van der Waals surface area contributed by atoms with Crippen LogP contribution in [-0.2, 0) is 9.53 Å². The Morgan fingerprint density at radius 1 is 1.73 bits per heavy atom. The van der Waals surface area contributed by atoms with Gasteiger partial charge in [-0.05, 0) is 6.92 Å². The van der Waals surface area contributed by atoms with Crippen LogP contribution in [0.15, 0.2) is 0 Å². The summed E-state index contributed by atoms with van der Waals surface area (Å²) in [6.45, 7) is 1.70.